The predicted octanol–water partition coefficient (Wildman–Crippen LogP) is 7.75. The molecule has 0 aliphatic carbocycles. The van der Waals surface area contributed by atoms with Crippen molar-refractivity contribution in [2.24, 2.45) is 0 Å². The molecule has 0 N–H and O–H groups in total. The highest BCUT2D eigenvalue weighted by Gasteiger charge is 2.41. The lowest BCUT2D eigenvalue weighted by atomic mass is 10.0. The van der Waals surface area contributed by atoms with Crippen molar-refractivity contribution in [2.45, 2.75) is 0 Å². The molecule has 9 rings (SSSR count). The molecule has 9 aromatic rings. The fourth-order valence-corrected chi connectivity index (χ4v) is 12.1. The standard InChI is InChI=1S/C44H31N3Si/c1-4-17-35(18-5-1)48(36-19-6-2-7-20-36,37-21-8-3-9-22-37)38-28-26-32(27-29-38)33-15-14-16-34(31-33)42-44-43(39-23-10-11-24-40(39)45-42)46-41-25-12-13-30-47(41)44/h1-31H. The fourth-order valence-electron chi connectivity index (χ4n) is 7.38. The second kappa shape index (κ2) is 11.6. The van der Waals surface area contributed by atoms with Crippen molar-refractivity contribution in [2.75, 3.05) is 0 Å². The Hall–Kier alpha value is -6.10. The van der Waals surface area contributed by atoms with Gasteiger partial charge < -0.3 is 0 Å². The molecule has 226 valence electrons. The minimum atomic E-state index is -2.58. The molecular weight excluding hydrogens is 599 g/mol. The van der Waals surface area contributed by atoms with E-state index in [0.717, 1.165) is 44.4 Å². The van der Waals surface area contributed by atoms with Gasteiger partial charge in [0.1, 0.15) is 11.2 Å². The smallest absolute Gasteiger partial charge is 0.179 e. The Morgan fingerprint density at radius 3 is 1.65 bits per heavy atom. The van der Waals surface area contributed by atoms with Crippen LogP contribution < -0.4 is 20.7 Å². The first-order chi connectivity index (χ1) is 23.8. The van der Waals surface area contributed by atoms with Crippen LogP contribution in [0.2, 0.25) is 0 Å². The first kappa shape index (κ1) is 28.1. The average molecular weight is 630 g/mol. The van der Waals surface area contributed by atoms with Gasteiger partial charge in [-0.15, -0.1) is 0 Å². The molecule has 0 amide bonds. The summed E-state index contributed by atoms with van der Waals surface area (Å²) in [5, 5.41) is 6.54. The first-order valence-corrected chi connectivity index (χ1v) is 18.3. The van der Waals surface area contributed by atoms with Crippen LogP contribution in [0.15, 0.2) is 188 Å². The summed E-state index contributed by atoms with van der Waals surface area (Å²) in [6.45, 7) is 0. The molecular formula is C44H31N3Si. The Bertz CT molecular complexity index is 2450. The lowest BCUT2D eigenvalue weighted by Gasteiger charge is -2.34. The van der Waals surface area contributed by atoms with E-state index in [2.05, 4.69) is 180 Å². The third-order valence-corrected chi connectivity index (χ3v) is 14.4. The van der Waals surface area contributed by atoms with Crippen molar-refractivity contribution < 1.29 is 0 Å². The van der Waals surface area contributed by atoms with E-state index in [1.807, 2.05) is 12.1 Å². The van der Waals surface area contributed by atoms with E-state index in [0.29, 0.717) is 0 Å². The van der Waals surface area contributed by atoms with E-state index in [1.165, 1.54) is 26.3 Å². The zero-order chi connectivity index (χ0) is 31.9. The van der Waals surface area contributed by atoms with E-state index >= 15 is 0 Å². The average Bonchev–Trinajstić information content (AvgIpc) is 3.57. The predicted molar refractivity (Wildman–Crippen MR) is 202 cm³/mol. The van der Waals surface area contributed by atoms with Gasteiger partial charge in [-0.25, -0.2) is 9.97 Å². The summed E-state index contributed by atoms with van der Waals surface area (Å²) < 4.78 is 2.16. The molecule has 0 atom stereocenters. The van der Waals surface area contributed by atoms with Crippen molar-refractivity contribution in [3.8, 4) is 22.4 Å². The number of imidazole rings is 1. The van der Waals surface area contributed by atoms with Crippen LogP contribution in [-0.2, 0) is 0 Å². The van der Waals surface area contributed by atoms with Crippen molar-refractivity contribution in [1.82, 2.24) is 14.4 Å². The number of aromatic nitrogens is 3. The molecule has 0 saturated heterocycles. The van der Waals surface area contributed by atoms with E-state index in [4.69, 9.17) is 9.97 Å². The van der Waals surface area contributed by atoms with Crippen LogP contribution in [0.25, 0.3) is 50.0 Å². The molecule has 4 heteroatoms. The summed E-state index contributed by atoms with van der Waals surface area (Å²) >= 11 is 0. The van der Waals surface area contributed by atoms with Crippen LogP contribution in [0.5, 0.6) is 0 Å². The molecule has 6 aromatic carbocycles. The van der Waals surface area contributed by atoms with Crippen LogP contribution in [0.3, 0.4) is 0 Å². The molecule has 3 heterocycles. The Kier molecular flexibility index (Phi) is 6.80. The van der Waals surface area contributed by atoms with Gasteiger partial charge in [0.05, 0.1) is 16.7 Å². The number of hydrogen-bond donors (Lipinski definition) is 0. The van der Waals surface area contributed by atoms with E-state index in [-0.39, 0.29) is 0 Å². The summed E-state index contributed by atoms with van der Waals surface area (Å²) in [6.07, 6.45) is 2.08. The number of rotatable bonds is 6. The normalized spacial score (nSPS) is 11.8. The van der Waals surface area contributed by atoms with Gasteiger partial charge in [-0.1, -0.05) is 158 Å². The van der Waals surface area contributed by atoms with Crippen molar-refractivity contribution in [1.29, 1.82) is 0 Å². The minimum absolute atomic E-state index is 0.918. The number of para-hydroxylation sites is 1. The second-order valence-electron chi connectivity index (χ2n) is 12.2. The molecule has 0 saturated carbocycles. The molecule has 0 spiro atoms. The Morgan fingerprint density at radius 1 is 0.417 bits per heavy atom. The SMILES string of the molecule is c1ccc([Si](c2ccccc2)(c2ccccc2)c2ccc(-c3cccc(-c4nc5ccccc5c5nc6ccccn6c45)c3)cc2)cc1. The molecule has 0 aliphatic heterocycles. The third kappa shape index (κ3) is 4.49. The Balaban J connectivity index is 1.21. The van der Waals surface area contributed by atoms with Crippen molar-refractivity contribution in [3.63, 3.8) is 0 Å². The maximum atomic E-state index is 5.22. The molecule has 3 nitrogen and oxygen atoms in total. The third-order valence-electron chi connectivity index (χ3n) is 9.55. The summed E-state index contributed by atoms with van der Waals surface area (Å²) in [7, 11) is -2.58. The Morgan fingerprint density at radius 2 is 0.979 bits per heavy atom. The number of pyridine rings is 2. The van der Waals surface area contributed by atoms with Gasteiger partial charge in [0, 0.05) is 17.1 Å². The topological polar surface area (TPSA) is 30.2 Å². The highest BCUT2D eigenvalue weighted by atomic mass is 28.3. The maximum absolute atomic E-state index is 5.22. The molecule has 0 unspecified atom stereocenters. The number of fused-ring (bicyclic) bond motifs is 5. The summed E-state index contributed by atoms with van der Waals surface area (Å²) in [5.41, 5.74) is 8.20. The van der Waals surface area contributed by atoms with Gasteiger partial charge in [0.25, 0.3) is 0 Å². The van der Waals surface area contributed by atoms with Gasteiger partial charge in [0.2, 0.25) is 0 Å². The van der Waals surface area contributed by atoms with Gasteiger partial charge in [-0.2, -0.15) is 0 Å². The van der Waals surface area contributed by atoms with Gasteiger partial charge in [-0.3, -0.25) is 4.40 Å². The lowest BCUT2D eigenvalue weighted by Crippen LogP contribution is -2.74. The van der Waals surface area contributed by atoms with Gasteiger partial charge in [-0.05, 0) is 56.1 Å². The minimum Gasteiger partial charge on any atom is -0.298 e. The summed E-state index contributed by atoms with van der Waals surface area (Å²) in [6, 6.07) is 65.7. The summed E-state index contributed by atoms with van der Waals surface area (Å²) in [5.74, 6) is 0. The van der Waals surface area contributed by atoms with E-state index in [9.17, 15) is 0 Å². The zero-order valence-corrected chi connectivity index (χ0v) is 27.2. The quantitative estimate of drug-likeness (QED) is 0.139. The lowest BCUT2D eigenvalue weighted by molar-refractivity contribution is 1.22. The van der Waals surface area contributed by atoms with Crippen molar-refractivity contribution in [3.05, 3.63) is 188 Å². The van der Waals surface area contributed by atoms with Crippen LogP contribution in [0.1, 0.15) is 0 Å². The van der Waals surface area contributed by atoms with Gasteiger partial charge >= 0.3 is 0 Å². The van der Waals surface area contributed by atoms with Crippen LogP contribution in [-0.4, -0.2) is 22.4 Å². The van der Waals surface area contributed by atoms with E-state index in [1.54, 1.807) is 0 Å². The first-order valence-electron chi connectivity index (χ1n) is 16.3. The second-order valence-corrected chi connectivity index (χ2v) is 16.0. The van der Waals surface area contributed by atoms with Crippen LogP contribution in [0.4, 0.5) is 0 Å². The van der Waals surface area contributed by atoms with Crippen LogP contribution in [0, 0.1) is 0 Å². The van der Waals surface area contributed by atoms with Gasteiger partial charge in [0.15, 0.2) is 8.07 Å². The molecule has 48 heavy (non-hydrogen) atoms. The fraction of sp³-hybridized carbons (Fsp3) is 0. The Labute approximate surface area is 280 Å². The number of hydrogen-bond acceptors (Lipinski definition) is 2. The number of nitrogens with zero attached hydrogens (tertiary/aromatic N) is 3. The molecule has 3 aromatic heterocycles. The molecule has 0 aliphatic rings. The highest BCUT2D eigenvalue weighted by molar-refractivity contribution is 7.19. The molecule has 0 fully saturated rings. The van der Waals surface area contributed by atoms with Crippen LogP contribution >= 0.6 is 0 Å². The van der Waals surface area contributed by atoms with Crippen molar-refractivity contribution >= 4 is 56.4 Å². The highest BCUT2D eigenvalue weighted by Crippen LogP contribution is 2.34. The molecule has 0 radical (unpaired) electrons. The monoisotopic (exact) mass is 629 g/mol. The van der Waals surface area contributed by atoms with E-state index < -0.39 is 8.07 Å². The zero-order valence-electron chi connectivity index (χ0n) is 26.2. The molecule has 0 bridgehead atoms. The maximum Gasteiger partial charge on any atom is 0.179 e. The largest absolute Gasteiger partial charge is 0.298 e. The summed E-state index contributed by atoms with van der Waals surface area (Å²) in [4.78, 5) is 10.3. The number of benzene rings is 6.